The van der Waals surface area contributed by atoms with Gasteiger partial charge in [-0.1, -0.05) is 0 Å². The van der Waals surface area contributed by atoms with Gasteiger partial charge in [0, 0.05) is 54.9 Å². The van der Waals surface area contributed by atoms with E-state index in [0.717, 1.165) is 27.2 Å². The molecule has 4 atom stereocenters. The number of hydrogen-bond acceptors (Lipinski definition) is 10. The smallest absolute Gasteiger partial charge is 0.228 e. The molecule has 3 aliphatic rings. The largest absolute Gasteiger partial charge is 0.341 e. The molecule has 3 saturated heterocycles. The number of sulfonamides is 1. The summed E-state index contributed by atoms with van der Waals surface area (Å²) in [5.41, 5.74) is 0.956. The molecule has 0 radical (unpaired) electrons. The number of nitrogens with one attached hydrogen (secondary N) is 3. The molecule has 190 valence electrons. The fourth-order valence-corrected chi connectivity index (χ4v) is 8.75. The fraction of sp³-hybridized carbons (Fsp3) is 0.565. The number of piperidine rings is 1. The van der Waals surface area contributed by atoms with Crippen molar-refractivity contribution in [3.05, 3.63) is 22.7 Å². The second-order valence-corrected chi connectivity index (χ2v) is 13.6. The summed E-state index contributed by atoms with van der Waals surface area (Å²) in [7, 11) is -1.43. The quantitative estimate of drug-likeness (QED) is 0.440. The van der Waals surface area contributed by atoms with Crippen LogP contribution in [0.2, 0.25) is 0 Å². The molecular weight excluding hydrogens is 498 g/mol. The van der Waals surface area contributed by atoms with Gasteiger partial charge in [0.2, 0.25) is 16.0 Å². The van der Waals surface area contributed by atoms with Gasteiger partial charge < -0.3 is 15.5 Å². The molecule has 36 heavy (non-hydrogen) atoms. The highest BCUT2D eigenvalue weighted by molar-refractivity contribution is 7.89. The predicted molar refractivity (Wildman–Crippen MR) is 139 cm³/mol. The summed E-state index contributed by atoms with van der Waals surface area (Å²) in [5.74, 6) is 1.83. The van der Waals surface area contributed by atoms with E-state index in [9.17, 15) is 8.42 Å². The van der Waals surface area contributed by atoms with Gasteiger partial charge >= 0.3 is 0 Å². The van der Waals surface area contributed by atoms with E-state index in [2.05, 4.69) is 44.8 Å². The number of nitriles is 1. The van der Waals surface area contributed by atoms with Gasteiger partial charge in [0.05, 0.1) is 22.6 Å². The molecule has 0 aromatic carbocycles. The lowest BCUT2D eigenvalue weighted by atomic mass is 9.99. The van der Waals surface area contributed by atoms with Gasteiger partial charge in [-0.3, -0.25) is 5.10 Å². The molecule has 3 fully saturated rings. The number of fused-ring (bicyclic) bond motifs is 3. The van der Waals surface area contributed by atoms with E-state index in [1.807, 2.05) is 20.0 Å². The van der Waals surface area contributed by atoms with Crippen molar-refractivity contribution in [1.82, 2.24) is 29.8 Å². The minimum absolute atomic E-state index is 0.115. The molecule has 3 aromatic heterocycles. The van der Waals surface area contributed by atoms with Gasteiger partial charge in [-0.2, -0.15) is 19.6 Å². The SMILES string of the molecule is Cc1cc(Nc2nc(N(C)[C@@H]3C[C@H]4CC(S(=O)(=O)N5CC(C#N)C5)[C@@H](C3)N4)nc3sc(C)cc23)n[nH]1. The first-order valence-corrected chi connectivity index (χ1v) is 14.5. The summed E-state index contributed by atoms with van der Waals surface area (Å²) in [6.07, 6.45) is 2.12. The van der Waals surface area contributed by atoms with Gasteiger partial charge in [0.1, 0.15) is 10.6 Å². The van der Waals surface area contributed by atoms with Crippen LogP contribution in [0.3, 0.4) is 0 Å². The van der Waals surface area contributed by atoms with Crippen molar-refractivity contribution in [2.75, 3.05) is 30.4 Å². The molecule has 3 aromatic rings. The molecule has 0 saturated carbocycles. The van der Waals surface area contributed by atoms with Crippen LogP contribution in [0.25, 0.3) is 10.2 Å². The highest BCUT2D eigenvalue weighted by Gasteiger charge is 2.51. The zero-order valence-electron chi connectivity index (χ0n) is 20.4. The molecule has 0 spiro atoms. The third kappa shape index (κ3) is 4.02. The summed E-state index contributed by atoms with van der Waals surface area (Å²) in [6, 6.07) is 6.29. The van der Waals surface area contributed by atoms with Crippen LogP contribution in [0, 0.1) is 31.1 Å². The average Bonchev–Trinajstić information content (AvgIpc) is 3.48. The van der Waals surface area contributed by atoms with Crippen LogP contribution in [0.4, 0.5) is 17.6 Å². The van der Waals surface area contributed by atoms with Crippen molar-refractivity contribution in [3.63, 3.8) is 0 Å². The lowest BCUT2D eigenvalue weighted by molar-refractivity contribution is 0.244. The maximum Gasteiger partial charge on any atom is 0.228 e. The first-order valence-electron chi connectivity index (χ1n) is 12.2. The fourth-order valence-electron chi connectivity index (χ4n) is 5.64. The summed E-state index contributed by atoms with van der Waals surface area (Å²) >= 11 is 1.63. The normalized spacial score (nSPS) is 26.6. The number of nitrogens with zero attached hydrogens (tertiary/aromatic N) is 6. The van der Waals surface area contributed by atoms with Crippen LogP contribution in [-0.4, -0.2) is 76.4 Å². The highest BCUT2D eigenvalue weighted by Crippen LogP contribution is 2.38. The van der Waals surface area contributed by atoms with Crippen molar-refractivity contribution in [2.45, 2.75) is 56.5 Å². The molecule has 3 N–H and O–H groups in total. The molecular formula is C23H29N9O2S2. The van der Waals surface area contributed by atoms with Crippen molar-refractivity contribution < 1.29 is 8.42 Å². The molecule has 2 bridgehead atoms. The molecule has 1 unspecified atom stereocenters. The van der Waals surface area contributed by atoms with Gasteiger partial charge in [0.25, 0.3) is 0 Å². The Morgan fingerprint density at radius 1 is 1.22 bits per heavy atom. The number of rotatable bonds is 6. The second kappa shape index (κ2) is 8.65. The minimum Gasteiger partial charge on any atom is -0.341 e. The Bertz CT molecular complexity index is 1450. The first kappa shape index (κ1) is 23.6. The number of thiophene rings is 1. The Kier molecular flexibility index (Phi) is 5.67. The predicted octanol–water partition coefficient (Wildman–Crippen LogP) is 2.26. The van der Waals surface area contributed by atoms with E-state index >= 15 is 0 Å². The van der Waals surface area contributed by atoms with E-state index in [-0.39, 0.29) is 24.0 Å². The standard InChI is InChI=1S/C23H29N9O2S2/c1-12-4-20(30-29-12)26-21-17-5-13(2)35-22(17)28-23(27-21)31(3)16-6-15-7-19(18(8-16)25-15)36(33,34)32-10-14(9-24)11-32/h4-5,14-16,18-19,25H,6-8,10-11H2,1-3H3,(H2,26,27,28,29,30)/t15-,16+,18+,19?/m0/s1. The van der Waals surface area contributed by atoms with E-state index in [4.69, 9.17) is 15.2 Å². The third-order valence-corrected chi connectivity index (χ3v) is 10.8. The van der Waals surface area contributed by atoms with Crippen molar-refractivity contribution in [1.29, 1.82) is 5.26 Å². The Hall–Kier alpha value is -2.79. The molecule has 11 nitrogen and oxygen atoms in total. The van der Waals surface area contributed by atoms with Gasteiger partial charge in [-0.05, 0) is 39.2 Å². The topological polar surface area (TPSA) is 143 Å². The van der Waals surface area contributed by atoms with Crippen molar-refractivity contribution >= 4 is 49.2 Å². The maximum atomic E-state index is 13.3. The zero-order valence-corrected chi connectivity index (χ0v) is 22.0. The molecule has 0 aliphatic carbocycles. The number of H-pyrrole nitrogens is 1. The van der Waals surface area contributed by atoms with Crippen LogP contribution in [0.15, 0.2) is 12.1 Å². The van der Waals surface area contributed by atoms with Crippen LogP contribution in [0.5, 0.6) is 0 Å². The lowest BCUT2D eigenvalue weighted by Gasteiger charge is -2.38. The molecule has 13 heteroatoms. The highest BCUT2D eigenvalue weighted by atomic mass is 32.2. The van der Waals surface area contributed by atoms with Gasteiger partial charge in [-0.15, -0.1) is 11.3 Å². The number of anilines is 3. The van der Waals surface area contributed by atoms with Gasteiger partial charge in [0.15, 0.2) is 5.82 Å². The van der Waals surface area contributed by atoms with Crippen LogP contribution < -0.4 is 15.5 Å². The van der Waals surface area contributed by atoms with Gasteiger partial charge in [-0.25, -0.2) is 13.4 Å². The lowest BCUT2D eigenvalue weighted by Crippen LogP contribution is -2.55. The van der Waals surface area contributed by atoms with E-state index in [0.29, 0.717) is 43.5 Å². The Balaban J connectivity index is 1.24. The third-order valence-electron chi connectivity index (χ3n) is 7.59. The minimum atomic E-state index is -3.43. The molecule has 6 heterocycles. The van der Waals surface area contributed by atoms with Crippen molar-refractivity contribution in [2.24, 2.45) is 5.92 Å². The Morgan fingerprint density at radius 3 is 2.75 bits per heavy atom. The molecule has 0 amide bonds. The summed E-state index contributed by atoms with van der Waals surface area (Å²) in [5, 5.41) is 23.7. The van der Waals surface area contributed by atoms with E-state index in [1.165, 1.54) is 4.31 Å². The summed E-state index contributed by atoms with van der Waals surface area (Å²) in [4.78, 5) is 13.9. The van der Waals surface area contributed by atoms with Crippen LogP contribution in [-0.2, 0) is 10.0 Å². The van der Waals surface area contributed by atoms with E-state index in [1.54, 1.807) is 11.3 Å². The molecule has 6 rings (SSSR count). The monoisotopic (exact) mass is 527 g/mol. The number of aromatic nitrogens is 4. The van der Waals surface area contributed by atoms with Crippen LogP contribution >= 0.6 is 11.3 Å². The first-order chi connectivity index (χ1) is 17.2. The van der Waals surface area contributed by atoms with E-state index < -0.39 is 15.3 Å². The number of aromatic amines is 1. The second-order valence-electron chi connectivity index (χ2n) is 10.2. The summed E-state index contributed by atoms with van der Waals surface area (Å²) < 4.78 is 28.0. The zero-order chi connectivity index (χ0) is 25.2. The average molecular weight is 528 g/mol. The maximum absolute atomic E-state index is 13.3. The Morgan fingerprint density at radius 2 is 2.03 bits per heavy atom. The summed E-state index contributed by atoms with van der Waals surface area (Å²) in [6.45, 7) is 4.63. The number of aryl methyl sites for hydroxylation is 2. The number of hydrogen-bond donors (Lipinski definition) is 3. The Labute approximate surface area is 214 Å². The van der Waals surface area contributed by atoms with Crippen LogP contribution in [0.1, 0.15) is 29.8 Å². The molecule has 3 aliphatic heterocycles. The van der Waals surface area contributed by atoms with Crippen molar-refractivity contribution in [3.8, 4) is 6.07 Å².